The summed E-state index contributed by atoms with van der Waals surface area (Å²) in [7, 11) is 2.30. The summed E-state index contributed by atoms with van der Waals surface area (Å²) in [6, 6.07) is 7.98. The fourth-order valence-electron chi connectivity index (χ4n) is 3.87. The molecule has 2 unspecified atom stereocenters. The lowest BCUT2D eigenvalue weighted by Gasteiger charge is -2.47. The minimum absolute atomic E-state index is 0.563. The van der Waals surface area contributed by atoms with Gasteiger partial charge in [-0.3, -0.25) is 0 Å². The van der Waals surface area contributed by atoms with Crippen molar-refractivity contribution in [3.05, 3.63) is 23.2 Å². The Morgan fingerprint density at radius 2 is 2.05 bits per heavy atom. The summed E-state index contributed by atoms with van der Waals surface area (Å²) in [4.78, 5) is 7.29. The number of rotatable bonds is 2. The summed E-state index contributed by atoms with van der Waals surface area (Å²) in [5, 5.41) is 5.50. The molecule has 0 spiro atoms. The van der Waals surface area contributed by atoms with Gasteiger partial charge in [-0.1, -0.05) is 29.4 Å². The fourth-order valence-corrected chi connectivity index (χ4v) is 5.09. The van der Waals surface area contributed by atoms with Crippen molar-refractivity contribution >= 4 is 38.3 Å². The second-order valence-corrected chi connectivity index (χ2v) is 7.81. The molecule has 112 valence electrons. The van der Waals surface area contributed by atoms with Crippen molar-refractivity contribution in [2.75, 3.05) is 12.4 Å². The van der Waals surface area contributed by atoms with Crippen molar-refractivity contribution in [3.63, 3.8) is 0 Å². The fraction of sp³-hybridized carbons (Fsp3) is 0.562. The van der Waals surface area contributed by atoms with Crippen LogP contribution in [0.4, 0.5) is 5.13 Å². The summed E-state index contributed by atoms with van der Waals surface area (Å²) in [5.74, 6) is 0. The van der Waals surface area contributed by atoms with Gasteiger partial charge in [0, 0.05) is 23.1 Å². The van der Waals surface area contributed by atoms with Crippen LogP contribution in [-0.4, -0.2) is 35.1 Å². The first-order chi connectivity index (χ1) is 10.2. The second-order valence-electron chi connectivity index (χ2n) is 6.35. The Kier molecular flexibility index (Phi) is 3.56. The summed E-state index contributed by atoms with van der Waals surface area (Å²) in [5.41, 5.74) is 1.04. The van der Waals surface area contributed by atoms with Crippen molar-refractivity contribution in [2.45, 2.75) is 50.2 Å². The zero-order valence-electron chi connectivity index (χ0n) is 12.2. The van der Waals surface area contributed by atoms with Crippen molar-refractivity contribution in [2.24, 2.45) is 0 Å². The molecule has 0 aliphatic carbocycles. The first-order valence-electron chi connectivity index (χ1n) is 7.73. The van der Waals surface area contributed by atoms with Gasteiger partial charge in [0.05, 0.1) is 10.2 Å². The summed E-state index contributed by atoms with van der Waals surface area (Å²) in [6.45, 7) is 0. The van der Waals surface area contributed by atoms with Gasteiger partial charge in [0.25, 0.3) is 0 Å². The van der Waals surface area contributed by atoms with E-state index in [1.807, 2.05) is 18.2 Å². The number of nitrogens with zero attached hydrogens (tertiary/aromatic N) is 2. The van der Waals surface area contributed by atoms with Gasteiger partial charge in [0.2, 0.25) is 0 Å². The number of benzene rings is 1. The van der Waals surface area contributed by atoms with E-state index < -0.39 is 0 Å². The largest absolute Gasteiger partial charge is 0.359 e. The number of nitrogens with one attached hydrogen (secondary N) is 1. The molecule has 2 bridgehead atoms. The van der Waals surface area contributed by atoms with E-state index >= 15 is 0 Å². The van der Waals surface area contributed by atoms with Crippen molar-refractivity contribution in [1.82, 2.24) is 9.88 Å². The van der Waals surface area contributed by atoms with Crippen LogP contribution in [0.3, 0.4) is 0 Å². The highest BCUT2D eigenvalue weighted by Crippen LogP contribution is 2.35. The van der Waals surface area contributed by atoms with Crippen LogP contribution in [0.1, 0.15) is 32.1 Å². The highest BCUT2D eigenvalue weighted by molar-refractivity contribution is 7.22. The average molecular weight is 322 g/mol. The van der Waals surface area contributed by atoms with E-state index in [9.17, 15) is 0 Å². The maximum Gasteiger partial charge on any atom is 0.184 e. The number of piperidine rings is 2. The van der Waals surface area contributed by atoms with Gasteiger partial charge in [0.1, 0.15) is 0 Å². The quantitative estimate of drug-likeness (QED) is 0.890. The van der Waals surface area contributed by atoms with E-state index in [0.717, 1.165) is 32.5 Å². The SMILES string of the molecule is CN1C2CCCC1CC(Nc1nc3ccc(Cl)cc3s1)C2. The van der Waals surface area contributed by atoms with Crippen LogP contribution in [0.25, 0.3) is 10.2 Å². The molecule has 5 heteroatoms. The van der Waals surface area contributed by atoms with Gasteiger partial charge in [0.15, 0.2) is 5.13 Å². The number of anilines is 1. The highest BCUT2D eigenvalue weighted by atomic mass is 35.5. The third kappa shape index (κ3) is 2.65. The zero-order chi connectivity index (χ0) is 14.4. The topological polar surface area (TPSA) is 28.2 Å². The smallest absolute Gasteiger partial charge is 0.184 e. The molecule has 2 aliphatic rings. The average Bonchev–Trinajstić information content (AvgIpc) is 2.81. The monoisotopic (exact) mass is 321 g/mol. The molecule has 0 amide bonds. The maximum atomic E-state index is 6.05. The molecule has 0 saturated carbocycles. The Balaban J connectivity index is 1.52. The minimum Gasteiger partial charge on any atom is -0.359 e. The molecule has 2 fully saturated rings. The first-order valence-corrected chi connectivity index (χ1v) is 8.93. The van der Waals surface area contributed by atoms with E-state index in [1.54, 1.807) is 11.3 Å². The van der Waals surface area contributed by atoms with Crippen LogP contribution in [-0.2, 0) is 0 Å². The lowest BCUT2D eigenvalue weighted by atomic mass is 9.82. The maximum absolute atomic E-state index is 6.05. The van der Waals surface area contributed by atoms with Gasteiger partial charge in [-0.2, -0.15) is 0 Å². The number of hydrogen-bond acceptors (Lipinski definition) is 4. The van der Waals surface area contributed by atoms with E-state index in [1.165, 1.54) is 32.1 Å². The van der Waals surface area contributed by atoms with Crippen LogP contribution in [0.15, 0.2) is 18.2 Å². The predicted octanol–water partition coefficient (Wildman–Crippen LogP) is 4.38. The molecule has 4 rings (SSSR count). The molecule has 2 saturated heterocycles. The van der Waals surface area contributed by atoms with Crippen LogP contribution in [0.2, 0.25) is 5.02 Å². The molecule has 2 aliphatic heterocycles. The first kappa shape index (κ1) is 13.8. The molecule has 2 atom stereocenters. The molecule has 1 aromatic carbocycles. The van der Waals surface area contributed by atoms with Crippen LogP contribution in [0, 0.1) is 0 Å². The molecule has 0 radical (unpaired) electrons. The third-order valence-corrected chi connectivity index (χ3v) is 6.20. The van der Waals surface area contributed by atoms with Crippen molar-refractivity contribution in [3.8, 4) is 0 Å². The Bertz CT molecular complexity index is 642. The molecule has 1 N–H and O–H groups in total. The lowest BCUT2D eigenvalue weighted by molar-refractivity contribution is 0.0608. The minimum atomic E-state index is 0.563. The zero-order valence-corrected chi connectivity index (χ0v) is 13.8. The highest BCUT2D eigenvalue weighted by Gasteiger charge is 2.36. The Morgan fingerprint density at radius 1 is 1.29 bits per heavy atom. The Hall–Kier alpha value is -0.840. The van der Waals surface area contributed by atoms with Crippen LogP contribution < -0.4 is 5.32 Å². The molecule has 1 aromatic heterocycles. The molecule has 3 nitrogen and oxygen atoms in total. The molecule has 3 heterocycles. The number of fused-ring (bicyclic) bond motifs is 3. The summed E-state index contributed by atoms with van der Waals surface area (Å²) < 4.78 is 1.16. The molecule has 21 heavy (non-hydrogen) atoms. The van der Waals surface area contributed by atoms with Gasteiger partial charge < -0.3 is 10.2 Å². The summed E-state index contributed by atoms with van der Waals surface area (Å²) >= 11 is 7.77. The van der Waals surface area contributed by atoms with Gasteiger partial charge in [-0.15, -0.1) is 0 Å². The predicted molar refractivity (Wildman–Crippen MR) is 90.5 cm³/mol. The lowest BCUT2D eigenvalue weighted by Crippen LogP contribution is -2.52. The van der Waals surface area contributed by atoms with Gasteiger partial charge >= 0.3 is 0 Å². The normalized spacial score (nSPS) is 29.7. The molecular weight excluding hydrogens is 302 g/mol. The number of aromatic nitrogens is 1. The molecule has 2 aromatic rings. The third-order valence-electron chi connectivity index (χ3n) is 5.02. The summed E-state index contributed by atoms with van der Waals surface area (Å²) in [6.07, 6.45) is 6.57. The number of halogens is 1. The molecular formula is C16H20ClN3S. The van der Waals surface area contributed by atoms with Crippen LogP contribution in [0.5, 0.6) is 0 Å². The van der Waals surface area contributed by atoms with E-state index in [0.29, 0.717) is 6.04 Å². The van der Waals surface area contributed by atoms with Gasteiger partial charge in [-0.05, 0) is 50.9 Å². The standard InChI is InChI=1S/C16H20ClN3S/c1-20-12-3-2-4-13(20)9-11(8-12)18-16-19-14-6-5-10(17)7-15(14)21-16/h5-7,11-13H,2-4,8-9H2,1H3,(H,18,19). The van der Waals surface area contributed by atoms with Crippen LogP contribution >= 0.6 is 22.9 Å². The van der Waals surface area contributed by atoms with E-state index in [4.69, 9.17) is 16.6 Å². The Morgan fingerprint density at radius 3 is 2.81 bits per heavy atom. The Labute approximate surface area is 134 Å². The second kappa shape index (κ2) is 5.41. The number of hydrogen-bond donors (Lipinski definition) is 1. The van der Waals surface area contributed by atoms with Crippen molar-refractivity contribution < 1.29 is 0 Å². The van der Waals surface area contributed by atoms with E-state index in [2.05, 4.69) is 17.3 Å². The van der Waals surface area contributed by atoms with Gasteiger partial charge in [-0.25, -0.2) is 4.98 Å². The van der Waals surface area contributed by atoms with E-state index in [-0.39, 0.29) is 0 Å². The number of thiazole rings is 1. The van der Waals surface area contributed by atoms with Crippen molar-refractivity contribution in [1.29, 1.82) is 0 Å².